The van der Waals surface area contributed by atoms with E-state index in [-0.39, 0.29) is 6.61 Å². The number of rotatable bonds is 4. The maximum absolute atomic E-state index is 12.3. The highest BCUT2D eigenvalue weighted by Gasteiger charge is 2.10. The van der Waals surface area contributed by atoms with Crippen LogP contribution in [0.25, 0.3) is 11.1 Å². The van der Waals surface area contributed by atoms with Gasteiger partial charge < -0.3 is 14.3 Å². The zero-order chi connectivity index (χ0) is 11.5. The van der Waals surface area contributed by atoms with Crippen LogP contribution in [0.1, 0.15) is 5.89 Å². The molecule has 0 amide bonds. The Labute approximate surface area is 91.7 Å². The van der Waals surface area contributed by atoms with Crippen LogP contribution in [-0.2, 0) is 0 Å². The van der Waals surface area contributed by atoms with E-state index in [2.05, 4.69) is 4.98 Å². The number of alkyl halides is 1. The van der Waals surface area contributed by atoms with Gasteiger partial charge in [0.05, 0.1) is 6.61 Å². The van der Waals surface area contributed by atoms with Gasteiger partial charge in [0.15, 0.2) is 11.5 Å². The Morgan fingerprint density at radius 1 is 1.56 bits per heavy atom. The first-order valence-electron chi connectivity index (χ1n) is 4.93. The SMILES string of the molecule is Cc1nc2ccc(OC(CO)CF)cc2o1. The smallest absolute Gasteiger partial charge is 0.192 e. The molecule has 0 bridgehead atoms. The molecule has 0 saturated carbocycles. The van der Waals surface area contributed by atoms with Crippen LogP contribution in [-0.4, -0.2) is 29.5 Å². The number of ether oxygens (including phenoxy) is 1. The molecule has 2 aromatic rings. The third-order valence-electron chi connectivity index (χ3n) is 2.15. The van der Waals surface area contributed by atoms with Crippen LogP contribution in [0.2, 0.25) is 0 Å². The first-order chi connectivity index (χ1) is 7.72. The van der Waals surface area contributed by atoms with E-state index < -0.39 is 12.8 Å². The second-order valence-corrected chi connectivity index (χ2v) is 3.44. The van der Waals surface area contributed by atoms with Crippen molar-refractivity contribution in [3.8, 4) is 5.75 Å². The minimum absolute atomic E-state index is 0.357. The number of hydrogen-bond donors (Lipinski definition) is 1. The summed E-state index contributed by atoms with van der Waals surface area (Å²) in [7, 11) is 0. The first kappa shape index (κ1) is 10.9. The molecule has 0 aliphatic rings. The van der Waals surface area contributed by atoms with Crippen LogP contribution in [0.4, 0.5) is 4.39 Å². The summed E-state index contributed by atoms with van der Waals surface area (Å²) in [5, 5.41) is 8.80. The van der Waals surface area contributed by atoms with Gasteiger partial charge in [0.25, 0.3) is 0 Å². The summed E-state index contributed by atoms with van der Waals surface area (Å²) in [5.74, 6) is 1.02. The number of aryl methyl sites for hydroxylation is 1. The van der Waals surface area contributed by atoms with Crippen LogP contribution in [0.5, 0.6) is 5.75 Å². The third-order valence-corrected chi connectivity index (χ3v) is 2.15. The van der Waals surface area contributed by atoms with Gasteiger partial charge in [-0.3, -0.25) is 0 Å². The highest BCUT2D eigenvalue weighted by Crippen LogP contribution is 2.22. The molecule has 0 aliphatic carbocycles. The van der Waals surface area contributed by atoms with Gasteiger partial charge in [0.2, 0.25) is 0 Å². The fourth-order valence-corrected chi connectivity index (χ4v) is 1.40. The maximum Gasteiger partial charge on any atom is 0.192 e. The lowest BCUT2D eigenvalue weighted by molar-refractivity contribution is 0.0932. The van der Waals surface area contributed by atoms with Crippen molar-refractivity contribution in [2.75, 3.05) is 13.3 Å². The second-order valence-electron chi connectivity index (χ2n) is 3.44. The van der Waals surface area contributed by atoms with E-state index >= 15 is 0 Å². The molecule has 16 heavy (non-hydrogen) atoms. The molecule has 1 heterocycles. The number of benzene rings is 1. The molecule has 0 aliphatic heterocycles. The second kappa shape index (κ2) is 4.49. The van der Waals surface area contributed by atoms with E-state index in [0.29, 0.717) is 17.2 Å². The Morgan fingerprint density at radius 2 is 2.38 bits per heavy atom. The molecule has 1 unspecified atom stereocenters. The van der Waals surface area contributed by atoms with Crippen LogP contribution in [0.3, 0.4) is 0 Å². The summed E-state index contributed by atoms with van der Waals surface area (Å²) < 4.78 is 22.9. The minimum Gasteiger partial charge on any atom is -0.485 e. The molecule has 1 aromatic carbocycles. The Balaban J connectivity index is 2.24. The number of oxazole rings is 1. The Hall–Kier alpha value is -1.62. The zero-order valence-corrected chi connectivity index (χ0v) is 8.81. The van der Waals surface area contributed by atoms with Crippen LogP contribution in [0.15, 0.2) is 22.6 Å². The summed E-state index contributed by atoms with van der Waals surface area (Å²) in [4.78, 5) is 4.13. The van der Waals surface area contributed by atoms with Crippen LogP contribution >= 0.6 is 0 Å². The Morgan fingerprint density at radius 3 is 3.06 bits per heavy atom. The van der Waals surface area contributed by atoms with Gasteiger partial charge in [0.1, 0.15) is 24.0 Å². The lowest BCUT2D eigenvalue weighted by Gasteiger charge is -2.12. The Bertz CT molecular complexity index is 479. The van der Waals surface area contributed by atoms with Crippen LogP contribution < -0.4 is 4.74 Å². The molecule has 0 spiro atoms. The molecule has 2 rings (SSSR count). The number of fused-ring (bicyclic) bond motifs is 1. The van der Waals surface area contributed by atoms with Crippen molar-refractivity contribution in [2.24, 2.45) is 0 Å². The fraction of sp³-hybridized carbons (Fsp3) is 0.364. The van der Waals surface area contributed by atoms with Crippen LogP contribution in [0, 0.1) is 6.92 Å². The molecule has 1 aromatic heterocycles. The summed E-state index contributed by atoms with van der Waals surface area (Å²) in [6, 6.07) is 5.03. The first-order valence-corrected chi connectivity index (χ1v) is 4.93. The molecule has 1 atom stereocenters. The van der Waals surface area contributed by atoms with Gasteiger partial charge in [-0.25, -0.2) is 9.37 Å². The normalized spacial score (nSPS) is 12.9. The van der Waals surface area contributed by atoms with Crippen molar-refractivity contribution in [3.05, 3.63) is 24.1 Å². The monoisotopic (exact) mass is 225 g/mol. The summed E-state index contributed by atoms with van der Waals surface area (Å²) in [5.41, 5.74) is 1.32. The van der Waals surface area contributed by atoms with Crippen molar-refractivity contribution >= 4 is 11.1 Å². The van der Waals surface area contributed by atoms with E-state index in [0.717, 1.165) is 5.52 Å². The van der Waals surface area contributed by atoms with Crippen molar-refractivity contribution in [2.45, 2.75) is 13.0 Å². The van der Waals surface area contributed by atoms with E-state index in [1.165, 1.54) is 0 Å². The molecular weight excluding hydrogens is 213 g/mol. The fourth-order valence-electron chi connectivity index (χ4n) is 1.40. The van der Waals surface area contributed by atoms with Crippen molar-refractivity contribution in [3.63, 3.8) is 0 Å². The van der Waals surface area contributed by atoms with Crippen molar-refractivity contribution in [1.29, 1.82) is 0 Å². The van der Waals surface area contributed by atoms with E-state index in [4.69, 9.17) is 14.3 Å². The molecule has 0 fully saturated rings. The highest BCUT2D eigenvalue weighted by atomic mass is 19.1. The molecule has 0 saturated heterocycles. The molecule has 1 N–H and O–H groups in total. The van der Waals surface area contributed by atoms with Gasteiger partial charge in [-0.2, -0.15) is 0 Å². The molecule has 4 nitrogen and oxygen atoms in total. The molecule has 86 valence electrons. The molecule has 5 heteroatoms. The summed E-state index contributed by atoms with van der Waals surface area (Å²) >= 11 is 0. The Kier molecular flexibility index (Phi) is 3.05. The number of aliphatic hydroxyl groups is 1. The molecule has 0 radical (unpaired) electrons. The quantitative estimate of drug-likeness (QED) is 0.862. The van der Waals surface area contributed by atoms with Crippen molar-refractivity contribution in [1.82, 2.24) is 4.98 Å². The summed E-state index contributed by atoms with van der Waals surface area (Å²) in [6.45, 7) is 0.659. The minimum atomic E-state index is -0.832. The number of aliphatic hydroxyl groups excluding tert-OH is 1. The van der Waals surface area contributed by atoms with Gasteiger partial charge in [-0.05, 0) is 12.1 Å². The van der Waals surface area contributed by atoms with Gasteiger partial charge >= 0.3 is 0 Å². The number of nitrogens with zero attached hydrogens (tertiary/aromatic N) is 1. The third kappa shape index (κ3) is 2.14. The van der Waals surface area contributed by atoms with Crippen molar-refractivity contribution < 1.29 is 18.7 Å². The lowest BCUT2D eigenvalue weighted by Crippen LogP contribution is -2.23. The molecular formula is C11H12FNO3. The predicted molar refractivity (Wildman–Crippen MR) is 56.2 cm³/mol. The average Bonchev–Trinajstić information content (AvgIpc) is 2.65. The summed E-state index contributed by atoms with van der Waals surface area (Å²) in [6.07, 6.45) is -0.832. The number of aromatic nitrogens is 1. The van der Waals surface area contributed by atoms with E-state index in [1.54, 1.807) is 25.1 Å². The standard InChI is InChI=1S/C11H12FNO3/c1-7-13-10-3-2-8(4-11(10)15-7)16-9(5-12)6-14/h2-4,9,14H,5-6H2,1H3. The number of hydrogen-bond acceptors (Lipinski definition) is 4. The number of halogens is 1. The van der Waals surface area contributed by atoms with Gasteiger partial charge in [-0.15, -0.1) is 0 Å². The topological polar surface area (TPSA) is 55.5 Å². The highest BCUT2D eigenvalue weighted by molar-refractivity contribution is 5.74. The van der Waals surface area contributed by atoms with E-state index in [1.807, 2.05) is 0 Å². The van der Waals surface area contributed by atoms with Gasteiger partial charge in [-0.1, -0.05) is 0 Å². The average molecular weight is 225 g/mol. The predicted octanol–water partition coefficient (Wildman–Crippen LogP) is 1.85. The van der Waals surface area contributed by atoms with E-state index in [9.17, 15) is 4.39 Å². The largest absolute Gasteiger partial charge is 0.485 e. The maximum atomic E-state index is 12.3. The van der Waals surface area contributed by atoms with Gasteiger partial charge in [0, 0.05) is 13.0 Å². The lowest BCUT2D eigenvalue weighted by atomic mass is 10.3. The zero-order valence-electron chi connectivity index (χ0n) is 8.81.